The summed E-state index contributed by atoms with van der Waals surface area (Å²) in [5.41, 5.74) is 3.73. The molecule has 23 heavy (non-hydrogen) atoms. The van der Waals surface area contributed by atoms with Crippen LogP contribution in [0.15, 0.2) is 48.5 Å². The van der Waals surface area contributed by atoms with Crippen LogP contribution >= 0.6 is 0 Å². The van der Waals surface area contributed by atoms with Gasteiger partial charge in [0.15, 0.2) is 0 Å². The lowest BCUT2D eigenvalue weighted by Crippen LogP contribution is -1.99. The van der Waals surface area contributed by atoms with Gasteiger partial charge in [-0.25, -0.2) is 0 Å². The first-order valence-corrected chi connectivity index (χ1v) is 8.88. The third-order valence-electron chi connectivity index (χ3n) is 4.44. The van der Waals surface area contributed by atoms with E-state index >= 15 is 0 Å². The van der Waals surface area contributed by atoms with Gasteiger partial charge < -0.3 is 4.74 Å². The van der Waals surface area contributed by atoms with Gasteiger partial charge in [-0.2, -0.15) is 0 Å². The Morgan fingerprint density at radius 2 is 1.30 bits per heavy atom. The van der Waals surface area contributed by atoms with E-state index in [1.807, 2.05) is 12.1 Å². The third-order valence-corrected chi connectivity index (χ3v) is 4.44. The molecule has 0 radical (unpaired) electrons. The highest BCUT2D eigenvalue weighted by Gasteiger charge is 2.05. The van der Waals surface area contributed by atoms with Crippen LogP contribution in [0.2, 0.25) is 0 Å². The lowest BCUT2D eigenvalue weighted by molar-refractivity contribution is 0.306. The van der Waals surface area contributed by atoms with Crippen molar-refractivity contribution in [2.24, 2.45) is 5.92 Å². The van der Waals surface area contributed by atoms with Gasteiger partial charge in [-0.15, -0.1) is 0 Å². The molecule has 1 aliphatic carbocycles. The minimum atomic E-state index is 0.628. The molecule has 0 spiro atoms. The molecule has 1 heteroatoms. The molecular formula is C22H30O. The molecule has 0 N–H and O–H groups in total. The van der Waals surface area contributed by atoms with E-state index in [-0.39, 0.29) is 0 Å². The highest BCUT2D eigenvalue weighted by Crippen LogP contribution is 2.22. The number of benzene rings is 2. The third kappa shape index (κ3) is 6.90. The predicted octanol–water partition coefficient (Wildman–Crippen LogP) is 6.47. The second-order valence-corrected chi connectivity index (χ2v) is 6.83. The highest BCUT2D eigenvalue weighted by molar-refractivity contribution is 5.27. The first-order valence-electron chi connectivity index (χ1n) is 8.88. The summed E-state index contributed by atoms with van der Waals surface area (Å²) in [6.45, 7) is 7.15. The quantitative estimate of drug-likeness (QED) is 0.631. The van der Waals surface area contributed by atoms with Crippen LogP contribution in [0.5, 0.6) is 5.75 Å². The molecule has 1 saturated carbocycles. The topological polar surface area (TPSA) is 9.23 Å². The molecule has 1 aliphatic rings. The van der Waals surface area contributed by atoms with Gasteiger partial charge in [0.25, 0.3) is 0 Å². The molecule has 1 nitrogen and oxygen atoms in total. The molecule has 2 aromatic rings. The second-order valence-electron chi connectivity index (χ2n) is 6.83. The Morgan fingerprint density at radius 3 is 1.78 bits per heavy atom. The lowest BCUT2D eigenvalue weighted by atomic mass is 9.91. The fourth-order valence-electron chi connectivity index (χ4n) is 2.79. The van der Waals surface area contributed by atoms with E-state index in [4.69, 9.17) is 4.74 Å². The molecule has 0 aromatic heterocycles. The van der Waals surface area contributed by atoms with Gasteiger partial charge >= 0.3 is 0 Å². The van der Waals surface area contributed by atoms with E-state index < -0.39 is 0 Å². The van der Waals surface area contributed by atoms with Crippen molar-refractivity contribution in [3.63, 3.8) is 0 Å². The van der Waals surface area contributed by atoms with Crippen LogP contribution in [0.1, 0.15) is 55.7 Å². The van der Waals surface area contributed by atoms with Gasteiger partial charge in [0, 0.05) is 0 Å². The van der Waals surface area contributed by atoms with E-state index in [0.29, 0.717) is 6.61 Å². The van der Waals surface area contributed by atoms with Crippen LogP contribution in [-0.2, 0) is 6.61 Å². The summed E-state index contributed by atoms with van der Waals surface area (Å²) in [5, 5.41) is 0. The number of hydrogen-bond acceptors (Lipinski definition) is 1. The summed E-state index contributed by atoms with van der Waals surface area (Å²) in [7, 11) is 0. The first kappa shape index (κ1) is 17.6. The Kier molecular flexibility index (Phi) is 7.19. The Hall–Kier alpha value is -1.76. The van der Waals surface area contributed by atoms with Crippen LogP contribution < -0.4 is 4.74 Å². The minimum Gasteiger partial charge on any atom is -0.489 e. The van der Waals surface area contributed by atoms with E-state index in [9.17, 15) is 0 Å². The molecule has 0 aliphatic heterocycles. The van der Waals surface area contributed by atoms with Gasteiger partial charge in [0.2, 0.25) is 0 Å². The lowest BCUT2D eigenvalue weighted by Gasteiger charge is -2.15. The van der Waals surface area contributed by atoms with E-state index in [1.165, 1.54) is 48.8 Å². The summed E-state index contributed by atoms with van der Waals surface area (Å²) in [5.74, 6) is 1.96. The van der Waals surface area contributed by atoms with Crippen LogP contribution in [-0.4, -0.2) is 0 Å². The number of ether oxygens (including phenoxy) is 1. The molecule has 0 heterocycles. The summed E-state index contributed by atoms with van der Waals surface area (Å²) in [4.78, 5) is 0. The molecule has 0 unspecified atom stereocenters. The Morgan fingerprint density at radius 1 is 0.783 bits per heavy atom. The Balaban J connectivity index is 0.000000229. The van der Waals surface area contributed by atoms with Crippen molar-refractivity contribution >= 4 is 0 Å². The summed E-state index contributed by atoms with van der Waals surface area (Å²) >= 11 is 0. The minimum absolute atomic E-state index is 0.628. The molecular weight excluding hydrogens is 280 g/mol. The van der Waals surface area contributed by atoms with Crippen molar-refractivity contribution in [3.8, 4) is 5.75 Å². The predicted molar refractivity (Wildman–Crippen MR) is 98.9 cm³/mol. The molecule has 0 amide bonds. The van der Waals surface area contributed by atoms with Gasteiger partial charge in [-0.05, 0) is 37.5 Å². The van der Waals surface area contributed by atoms with Crippen molar-refractivity contribution in [3.05, 3.63) is 65.2 Å². The Labute approximate surface area is 141 Å². The summed E-state index contributed by atoms with van der Waals surface area (Å²) in [6, 6.07) is 16.5. The SMILES string of the molecule is CC1CCCCC1.Cc1ccc(COc2ccc(C)cc2)cc1. The molecule has 0 bridgehead atoms. The van der Waals surface area contributed by atoms with Gasteiger partial charge in [0.1, 0.15) is 12.4 Å². The number of rotatable bonds is 3. The van der Waals surface area contributed by atoms with Crippen molar-refractivity contribution in [1.82, 2.24) is 0 Å². The van der Waals surface area contributed by atoms with E-state index in [0.717, 1.165) is 11.7 Å². The van der Waals surface area contributed by atoms with E-state index in [2.05, 4.69) is 57.2 Å². The number of aryl methyl sites for hydroxylation is 2. The smallest absolute Gasteiger partial charge is 0.119 e. The standard InChI is InChI=1S/C15H16O.C7H14/c1-12-3-7-14(8-4-12)11-16-15-9-5-13(2)6-10-15;1-7-5-3-2-4-6-7/h3-10H,11H2,1-2H3;7H,2-6H2,1H3. The van der Waals surface area contributed by atoms with Crippen LogP contribution in [0.4, 0.5) is 0 Å². The largest absolute Gasteiger partial charge is 0.489 e. The normalized spacial score (nSPS) is 14.7. The zero-order valence-electron chi connectivity index (χ0n) is 14.8. The molecule has 0 saturated heterocycles. The van der Waals surface area contributed by atoms with Crippen LogP contribution in [0.3, 0.4) is 0 Å². The van der Waals surface area contributed by atoms with Crippen molar-refractivity contribution < 1.29 is 4.74 Å². The maximum Gasteiger partial charge on any atom is 0.119 e. The molecule has 2 aromatic carbocycles. The van der Waals surface area contributed by atoms with Crippen molar-refractivity contribution in [2.45, 2.75) is 59.5 Å². The molecule has 0 atom stereocenters. The second kappa shape index (κ2) is 9.39. The number of hydrogen-bond donors (Lipinski definition) is 0. The van der Waals surface area contributed by atoms with Gasteiger partial charge in [-0.3, -0.25) is 0 Å². The van der Waals surface area contributed by atoms with E-state index in [1.54, 1.807) is 0 Å². The van der Waals surface area contributed by atoms with Crippen molar-refractivity contribution in [1.29, 1.82) is 0 Å². The molecule has 1 fully saturated rings. The average molecular weight is 310 g/mol. The van der Waals surface area contributed by atoms with Crippen LogP contribution in [0.25, 0.3) is 0 Å². The average Bonchev–Trinajstić information content (AvgIpc) is 2.57. The monoisotopic (exact) mass is 310 g/mol. The maximum atomic E-state index is 5.69. The zero-order chi connectivity index (χ0) is 16.5. The van der Waals surface area contributed by atoms with Gasteiger partial charge in [-0.1, -0.05) is 86.6 Å². The van der Waals surface area contributed by atoms with Crippen molar-refractivity contribution in [2.75, 3.05) is 0 Å². The fourth-order valence-corrected chi connectivity index (χ4v) is 2.79. The van der Waals surface area contributed by atoms with Crippen LogP contribution in [0, 0.1) is 19.8 Å². The Bertz CT molecular complexity index is 502. The summed E-state index contributed by atoms with van der Waals surface area (Å²) in [6.07, 6.45) is 7.44. The molecule has 3 rings (SSSR count). The molecule has 124 valence electrons. The zero-order valence-corrected chi connectivity index (χ0v) is 14.8. The summed E-state index contributed by atoms with van der Waals surface area (Å²) < 4.78 is 5.69. The first-order chi connectivity index (χ1) is 11.1. The maximum absolute atomic E-state index is 5.69. The van der Waals surface area contributed by atoms with Gasteiger partial charge in [0.05, 0.1) is 0 Å². The highest BCUT2D eigenvalue weighted by atomic mass is 16.5. The fraction of sp³-hybridized carbons (Fsp3) is 0.455.